The first kappa shape index (κ1) is 23.4. The first-order chi connectivity index (χ1) is 14.0. The van der Waals surface area contributed by atoms with Gasteiger partial charge in [-0.3, -0.25) is 14.9 Å². The zero-order chi connectivity index (χ0) is 22.5. The summed E-state index contributed by atoms with van der Waals surface area (Å²) < 4.78 is 10.8. The summed E-state index contributed by atoms with van der Waals surface area (Å²) in [5, 5.41) is 14.0. The summed E-state index contributed by atoms with van der Waals surface area (Å²) in [4.78, 5) is 39.0. The van der Waals surface area contributed by atoms with Gasteiger partial charge in [0, 0.05) is 37.3 Å². The van der Waals surface area contributed by atoms with E-state index in [9.17, 15) is 19.7 Å². The Morgan fingerprint density at radius 3 is 2.63 bits per heavy atom. The molecule has 1 heterocycles. The molecule has 30 heavy (non-hydrogen) atoms. The number of nitrogens with one attached hydrogen (secondary N) is 1. The number of nitro groups is 1. The zero-order valence-electron chi connectivity index (χ0n) is 18.1. The molecule has 0 aliphatic carbocycles. The van der Waals surface area contributed by atoms with E-state index in [1.54, 1.807) is 25.7 Å². The van der Waals surface area contributed by atoms with Crippen molar-refractivity contribution < 1.29 is 24.0 Å². The highest BCUT2D eigenvalue weighted by molar-refractivity contribution is 5.95. The van der Waals surface area contributed by atoms with Crippen molar-refractivity contribution in [3.05, 3.63) is 33.9 Å². The normalized spacial score (nSPS) is 16.5. The molecule has 0 radical (unpaired) electrons. The molecule has 1 fully saturated rings. The second-order valence-corrected chi connectivity index (χ2v) is 8.47. The predicted molar refractivity (Wildman–Crippen MR) is 111 cm³/mol. The van der Waals surface area contributed by atoms with Crippen molar-refractivity contribution in [3.8, 4) is 5.75 Å². The lowest BCUT2D eigenvalue weighted by Gasteiger charge is -2.22. The molecular formula is C20H30N4O6. The van der Waals surface area contributed by atoms with E-state index in [4.69, 9.17) is 9.47 Å². The molecule has 0 spiro atoms. The lowest BCUT2D eigenvalue weighted by Crippen LogP contribution is -2.41. The van der Waals surface area contributed by atoms with Gasteiger partial charge in [-0.15, -0.1) is 0 Å². The number of nitrogens with zero attached hydrogens (tertiary/aromatic N) is 3. The molecule has 1 aliphatic rings. The van der Waals surface area contributed by atoms with E-state index < -0.39 is 16.6 Å². The number of rotatable bonds is 7. The van der Waals surface area contributed by atoms with Crippen molar-refractivity contribution >= 4 is 17.7 Å². The number of likely N-dealkylation sites (N-methyl/N-ethyl adjacent to an activating group) is 1. The molecule has 10 heteroatoms. The Labute approximate surface area is 176 Å². The van der Waals surface area contributed by atoms with Gasteiger partial charge in [0.05, 0.1) is 11.0 Å². The molecule has 1 aromatic carbocycles. The monoisotopic (exact) mass is 422 g/mol. The Morgan fingerprint density at radius 1 is 1.33 bits per heavy atom. The predicted octanol–water partition coefficient (Wildman–Crippen LogP) is 2.27. The standard InChI is InChI=1S/C20H30N4O6/c1-20(2,3)30-19(26)21-15-8-9-23(13-15)18(25)14-6-7-16(24(27)28)17(12-14)29-11-10-22(4)5/h6-7,12,15H,8-11,13H2,1-5H3,(H,21,26). The van der Waals surface area contributed by atoms with Gasteiger partial charge in [0.1, 0.15) is 12.2 Å². The van der Waals surface area contributed by atoms with E-state index in [-0.39, 0.29) is 30.0 Å². The molecule has 0 bridgehead atoms. The minimum Gasteiger partial charge on any atom is -0.485 e. The highest BCUT2D eigenvalue weighted by Gasteiger charge is 2.30. The van der Waals surface area contributed by atoms with Gasteiger partial charge in [-0.25, -0.2) is 4.79 Å². The number of carbonyl (C=O) groups excluding carboxylic acids is 2. The maximum absolute atomic E-state index is 12.9. The Bertz CT molecular complexity index is 790. The minimum absolute atomic E-state index is 0.0651. The van der Waals surface area contributed by atoms with Gasteiger partial charge in [0.2, 0.25) is 0 Å². The van der Waals surface area contributed by atoms with Crippen LogP contribution in [-0.2, 0) is 4.74 Å². The van der Waals surface area contributed by atoms with Gasteiger partial charge < -0.3 is 24.6 Å². The summed E-state index contributed by atoms with van der Waals surface area (Å²) in [6, 6.07) is 3.90. The molecule has 2 amide bonds. The molecule has 166 valence electrons. The Kier molecular flexibility index (Phi) is 7.60. The van der Waals surface area contributed by atoms with Crippen LogP contribution in [0.25, 0.3) is 0 Å². The fourth-order valence-electron chi connectivity index (χ4n) is 2.97. The van der Waals surface area contributed by atoms with Crippen LogP contribution in [0.1, 0.15) is 37.6 Å². The van der Waals surface area contributed by atoms with E-state index >= 15 is 0 Å². The maximum atomic E-state index is 12.9. The summed E-state index contributed by atoms with van der Waals surface area (Å²) >= 11 is 0. The third kappa shape index (κ3) is 6.87. The van der Waals surface area contributed by atoms with Gasteiger partial charge >= 0.3 is 11.8 Å². The summed E-state index contributed by atoms with van der Waals surface area (Å²) in [5.74, 6) is -0.203. The third-order valence-corrected chi connectivity index (χ3v) is 4.40. The molecule has 2 rings (SSSR count). The van der Waals surface area contributed by atoms with Gasteiger partial charge in [0.15, 0.2) is 5.75 Å². The number of hydrogen-bond donors (Lipinski definition) is 1. The average molecular weight is 422 g/mol. The lowest BCUT2D eigenvalue weighted by atomic mass is 10.1. The summed E-state index contributed by atoms with van der Waals surface area (Å²) in [5.41, 5.74) is -0.477. The number of ether oxygens (including phenoxy) is 2. The third-order valence-electron chi connectivity index (χ3n) is 4.40. The first-order valence-corrected chi connectivity index (χ1v) is 9.81. The van der Waals surface area contributed by atoms with E-state index in [0.717, 1.165) is 0 Å². The van der Waals surface area contributed by atoms with Crippen molar-refractivity contribution in [1.82, 2.24) is 15.1 Å². The van der Waals surface area contributed by atoms with Gasteiger partial charge in [-0.2, -0.15) is 0 Å². The van der Waals surface area contributed by atoms with E-state index in [0.29, 0.717) is 31.6 Å². The van der Waals surface area contributed by atoms with Crippen molar-refractivity contribution in [2.24, 2.45) is 0 Å². The quantitative estimate of drug-likeness (QED) is 0.529. The molecule has 1 aliphatic heterocycles. The number of likely N-dealkylation sites (tertiary alicyclic amines) is 1. The average Bonchev–Trinajstić information content (AvgIpc) is 3.07. The Morgan fingerprint density at radius 2 is 2.03 bits per heavy atom. The number of alkyl carbamates (subject to hydrolysis) is 1. The molecule has 0 aromatic heterocycles. The summed E-state index contributed by atoms with van der Waals surface area (Å²) in [7, 11) is 3.74. The summed E-state index contributed by atoms with van der Waals surface area (Å²) in [6.07, 6.45) is 0.0816. The molecule has 1 unspecified atom stereocenters. The molecule has 1 atom stereocenters. The molecule has 1 N–H and O–H groups in total. The van der Waals surface area contributed by atoms with E-state index in [1.807, 2.05) is 19.0 Å². The van der Waals surface area contributed by atoms with Gasteiger partial charge in [-0.05, 0) is 47.4 Å². The molecule has 0 saturated carbocycles. The van der Waals surface area contributed by atoms with Crippen LogP contribution in [0, 0.1) is 10.1 Å². The van der Waals surface area contributed by atoms with Crippen LogP contribution in [0.2, 0.25) is 0 Å². The fraction of sp³-hybridized carbons (Fsp3) is 0.600. The topological polar surface area (TPSA) is 114 Å². The van der Waals surface area contributed by atoms with Gasteiger partial charge in [0.25, 0.3) is 5.91 Å². The van der Waals surface area contributed by atoms with E-state index in [2.05, 4.69) is 5.32 Å². The second-order valence-electron chi connectivity index (χ2n) is 8.47. The fourth-order valence-corrected chi connectivity index (χ4v) is 2.97. The molecule has 1 saturated heterocycles. The number of nitro benzene ring substituents is 1. The van der Waals surface area contributed by atoms with Crippen molar-refractivity contribution in [2.45, 2.75) is 38.8 Å². The van der Waals surface area contributed by atoms with Crippen LogP contribution >= 0.6 is 0 Å². The van der Waals surface area contributed by atoms with Crippen molar-refractivity contribution in [3.63, 3.8) is 0 Å². The second kappa shape index (κ2) is 9.75. The number of amides is 2. The molecule has 10 nitrogen and oxygen atoms in total. The zero-order valence-corrected chi connectivity index (χ0v) is 18.1. The van der Waals surface area contributed by atoms with Crippen LogP contribution in [0.4, 0.5) is 10.5 Å². The summed E-state index contributed by atoms with van der Waals surface area (Å²) in [6.45, 7) is 6.99. The smallest absolute Gasteiger partial charge is 0.407 e. The highest BCUT2D eigenvalue weighted by atomic mass is 16.6. The number of hydrogen-bond acceptors (Lipinski definition) is 7. The van der Waals surface area contributed by atoms with Crippen molar-refractivity contribution in [1.29, 1.82) is 0 Å². The largest absolute Gasteiger partial charge is 0.485 e. The molecule has 1 aromatic rings. The number of benzene rings is 1. The van der Waals surface area contributed by atoms with Gasteiger partial charge in [-0.1, -0.05) is 0 Å². The minimum atomic E-state index is -0.597. The van der Waals surface area contributed by atoms with Crippen LogP contribution in [-0.4, -0.2) is 78.7 Å². The van der Waals surface area contributed by atoms with Crippen LogP contribution in [0.5, 0.6) is 5.75 Å². The number of carbonyl (C=O) groups is 2. The molecular weight excluding hydrogens is 392 g/mol. The van der Waals surface area contributed by atoms with Crippen LogP contribution < -0.4 is 10.1 Å². The Balaban J connectivity index is 2.04. The first-order valence-electron chi connectivity index (χ1n) is 9.81. The van der Waals surface area contributed by atoms with Crippen LogP contribution in [0.3, 0.4) is 0 Å². The lowest BCUT2D eigenvalue weighted by molar-refractivity contribution is -0.385. The Hall–Kier alpha value is -2.88. The highest BCUT2D eigenvalue weighted by Crippen LogP contribution is 2.29. The van der Waals surface area contributed by atoms with E-state index in [1.165, 1.54) is 18.2 Å². The van der Waals surface area contributed by atoms with Crippen LogP contribution in [0.15, 0.2) is 18.2 Å². The van der Waals surface area contributed by atoms with Crippen molar-refractivity contribution in [2.75, 3.05) is 40.3 Å². The SMILES string of the molecule is CN(C)CCOc1cc(C(=O)N2CCC(NC(=O)OC(C)(C)C)C2)ccc1[N+](=O)[O-]. The maximum Gasteiger partial charge on any atom is 0.407 e.